The third kappa shape index (κ3) is 2.59. The first-order valence-electron chi connectivity index (χ1n) is 7.54. The van der Waals surface area contributed by atoms with Crippen LogP contribution < -0.4 is 4.90 Å². The SMILES string of the molecule is Cc1cccc(C(=O)N(C)c2cc3c(C)n(C)nc3cc2C)n1. The Morgan fingerprint density at radius 3 is 2.61 bits per heavy atom. The van der Waals surface area contributed by atoms with Crippen LogP contribution in [0.3, 0.4) is 0 Å². The van der Waals surface area contributed by atoms with E-state index >= 15 is 0 Å². The Labute approximate surface area is 135 Å². The zero-order valence-corrected chi connectivity index (χ0v) is 14.1. The van der Waals surface area contributed by atoms with Crippen LogP contribution in [0.4, 0.5) is 5.69 Å². The summed E-state index contributed by atoms with van der Waals surface area (Å²) in [5.74, 6) is -0.113. The lowest BCUT2D eigenvalue weighted by molar-refractivity contribution is 0.0988. The van der Waals surface area contributed by atoms with Crippen LogP contribution in [0.5, 0.6) is 0 Å². The van der Waals surface area contributed by atoms with E-state index in [-0.39, 0.29) is 5.91 Å². The average Bonchev–Trinajstić information content (AvgIpc) is 2.79. The van der Waals surface area contributed by atoms with E-state index in [0.29, 0.717) is 5.69 Å². The number of carbonyl (C=O) groups excluding carboxylic acids is 1. The van der Waals surface area contributed by atoms with Gasteiger partial charge in [0.05, 0.1) is 5.52 Å². The molecular formula is C18H20N4O. The van der Waals surface area contributed by atoms with E-state index in [0.717, 1.165) is 33.5 Å². The molecule has 2 aromatic heterocycles. The summed E-state index contributed by atoms with van der Waals surface area (Å²) in [6.07, 6.45) is 0. The van der Waals surface area contributed by atoms with E-state index in [9.17, 15) is 4.79 Å². The van der Waals surface area contributed by atoms with Crippen molar-refractivity contribution in [1.29, 1.82) is 0 Å². The van der Waals surface area contributed by atoms with Crippen LogP contribution >= 0.6 is 0 Å². The summed E-state index contributed by atoms with van der Waals surface area (Å²) < 4.78 is 1.86. The van der Waals surface area contributed by atoms with Crippen molar-refractivity contribution in [3.8, 4) is 0 Å². The number of hydrogen-bond donors (Lipinski definition) is 0. The monoisotopic (exact) mass is 308 g/mol. The largest absolute Gasteiger partial charge is 0.310 e. The zero-order valence-electron chi connectivity index (χ0n) is 14.1. The lowest BCUT2D eigenvalue weighted by Crippen LogP contribution is -2.27. The van der Waals surface area contributed by atoms with Crippen molar-refractivity contribution in [2.45, 2.75) is 20.8 Å². The van der Waals surface area contributed by atoms with Crippen molar-refractivity contribution in [2.24, 2.45) is 7.05 Å². The fourth-order valence-corrected chi connectivity index (χ4v) is 2.77. The molecule has 1 aromatic carbocycles. The number of amides is 1. The molecule has 0 saturated heterocycles. The van der Waals surface area contributed by atoms with E-state index in [1.54, 1.807) is 18.0 Å². The Kier molecular flexibility index (Phi) is 3.64. The molecule has 0 spiro atoms. The normalized spacial score (nSPS) is 11.0. The number of carbonyl (C=O) groups is 1. The summed E-state index contributed by atoms with van der Waals surface area (Å²) in [6.45, 7) is 5.90. The Bertz CT molecular complexity index is 911. The van der Waals surface area contributed by atoms with Crippen molar-refractivity contribution in [1.82, 2.24) is 14.8 Å². The van der Waals surface area contributed by atoms with Crippen molar-refractivity contribution < 1.29 is 4.79 Å². The van der Waals surface area contributed by atoms with Gasteiger partial charge >= 0.3 is 0 Å². The van der Waals surface area contributed by atoms with Gasteiger partial charge in [0.1, 0.15) is 5.69 Å². The maximum absolute atomic E-state index is 12.7. The van der Waals surface area contributed by atoms with Gasteiger partial charge in [-0.2, -0.15) is 5.10 Å². The molecule has 0 radical (unpaired) electrons. The number of hydrogen-bond acceptors (Lipinski definition) is 3. The molecule has 0 saturated carbocycles. The molecule has 0 fully saturated rings. The van der Waals surface area contributed by atoms with Crippen LogP contribution in [0.25, 0.3) is 10.9 Å². The molecule has 0 aliphatic carbocycles. The van der Waals surface area contributed by atoms with E-state index in [4.69, 9.17) is 0 Å². The summed E-state index contributed by atoms with van der Waals surface area (Å²) in [4.78, 5) is 18.7. The Morgan fingerprint density at radius 1 is 1.17 bits per heavy atom. The van der Waals surface area contributed by atoms with Crippen LogP contribution in [0, 0.1) is 20.8 Å². The molecule has 2 heterocycles. The van der Waals surface area contributed by atoms with Crippen LogP contribution in [-0.4, -0.2) is 27.7 Å². The highest BCUT2D eigenvalue weighted by Crippen LogP contribution is 2.28. The minimum Gasteiger partial charge on any atom is -0.310 e. The maximum atomic E-state index is 12.7. The minimum absolute atomic E-state index is 0.113. The molecule has 3 rings (SSSR count). The number of pyridine rings is 1. The number of aryl methyl sites for hydroxylation is 4. The first kappa shape index (κ1) is 15.2. The summed E-state index contributed by atoms with van der Waals surface area (Å²) in [5, 5.41) is 5.55. The van der Waals surface area contributed by atoms with Crippen molar-refractivity contribution in [3.63, 3.8) is 0 Å². The van der Waals surface area contributed by atoms with E-state index < -0.39 is 0 Å². The third-order valence-electron chi connectivity index (χ3n) is 4.22. The first-order valence-corrected chi connectivity index (χ1v) is 7.54. The molecule has 1 amide bonds. The van der Waals surface area contributed by atoms with Gasteiger partial charge in [0.15, 0.2) is 0 Å². The molecule has 0 N–H and O–H groups in total. The number of aromatic nitrogens is 3. The van der Waals surface area contributed by atoms with E-state index in [2.05, 4.69) is 10.1 Å². The van der Waals surface area contributed by atoms with Gasteiger partial charge in [-0.05, 0) is 50.6 Å². The molecule has 5 heteroatoms. The third-order valence-corrected chi connectivity index (χ3v) is 4.22. The highest BCUT2D eigenvalue weighted by Gasteiger charge is 2.18. The van der Waals surface area contributed by atoms with E-state index in [1.165, 1.54) is 0 Å². The highest BCUT2D eigenvalue weighted by molar-refractivity contribution is 6.06. The molecule has 3 aromatic rings. The second-order valence-electron chi connectivity index (χ2n) is 5.89. The lowest BCUT2D eigenvalue weighted by Gasteiger charge is -2.19. The Morgan fingerprint density at radius 2 is 1.91 bits per heavy atom. The fourth-order valence-electron chi connectivity index (χ4n) is 2.77. The molecule has 0 aliphatic heterocycles. The van der Waals surface area contributed by atoms with Crippen LogP contribution in [0.2, 0.25) is 0 Å². The lowest BCUT2D eigenvalue weighted by atomic mass is 10.1. The van der Waals surface area contributed by atoms with Crippen molar-refractivity contribution in [3.05, 3.63) is 53.0 Å². The maximum Gasteiger partial charge on any atom is 0.276 e. The second kappa shape index (κ2) is 5.50. The van der Waals surface area contributed by atoms with Gasteiger partial charge in [0.2, 0.25) is 0 Å². The molecule has 23 heavy (non-hydrogen) atoms. The number of nitrogens with zero attached hydrogens (tertiary/aromatic N) is 4. The Balaban J connectivity index is 2.06. The highest BCUT2D eigenvalue weighted by atomic mass is 16.2. The van der Waals surface area contributed by atoms with Gasteiger partial charge in [0.25, 0.3) is 5.91 Å². The molecule has 0 unspecified atom stereocenters. The van der Waals surface area contributed by atoms with Crippen molar-refractivity contribution in [2.75, 3.05) is 11.9 Å². The topological polar surface area (TPSA) is 51.0 Å². The first-order chi connectivity index (χ1) is 10.9. The summed E-state index contributed by atoms with van der Waals surface area (Å²) >= 11 is 0. The second-order valence-corrected chi connectivity index (χ2v) is 5.89. The molecule has 118 valence electrons. The van der Waals surface area contributed by atoms with E-state index in [1.807, 2.05) is 56.8 Å². The predicted molar refractivity (Wildman–Crippen MR) is 91.9 cm³/mol. The van der Waals surface area contributed by atoms with Crippen LogP contribution in [0.1, 0.15) is 27.4 Å². The number of anilines is 1. The van der Waals surface area contributed by atoms with Gasteiger partial charge in [-0.15, -0.1) is 0 Å². The molecule has 0 bridgehead atoms. The van der Waals surface area contributed by atoms with Crippen molar-refractivity contribution >= 4 is 22.5 Å². The quantitative estimate of drug-likeness (QED) is 0.730. The van der Waals surface area contributed by atoms with Crippen LogP contribution in [-0.2, 0) is 7.05 Å². The Hall–Kier alpha value is -2.69. The number of benzene rings is 1. The molecule has 5 nitrogen and oxygen atoms in total. The van der Waals surface area contributed by atoms with Gasteiger partial charge in [-0.1, -0.05) is 6.07 Å². The van der Waals surface area contributed by atoms with Crippen LogP contribution in [0.15, 0.2) is 30.3 Å². The van der Waals surface area contributed by atoms with Gasteiger partial charge in [0, 0.05) is 36.6 Å². The number of fused-ring (bicyclic) bond motifs is 1. The smallest absolute Gasteiger partial charge is 0.276 e. The molecular weight excluding hydrogens is 288 g/mol. The van der Waals surface area contributed by atoms with Gasteiger partial charge < -0.3 is 4.90 Å². The number of rotatable bonds is 2. The minimum atomic E-state index is -0.113. The molecule has 0 atom stereocenters. The molecule has 0 aliphatic rings. The summed E-state index contributed by atoms with van der Waals surface area (Å²) in [7, 11) is 3.71. The zero-order chi connectivity index (χ0) is 16.7. The standard InChI is InChI=1S/C18H20N4O/c1-11-9-16-14(13(3)22(5)20-16)10-17(11)21(4)18(23)15-8-6-7-12(2)19-15/h6-10H,1-5H3. The predicted octanol–water partition coefficient (Wildman–Crippen LogP) is 3.17. The van der Waals surface area contributed by atoms with Gasteiger partial charge in [-0.3, -0.25) is 9.48 Å². The summed E-state index contributed by atoms with van der Waals surface area (Å²) in [6, 6.07) is 9.53. The van der Waals surface area contributed by atoms with Gasteiger partial charge in [-0.25, -0.2) is 4.98 Å². The summed E-state index contributed by atoms with van der Waals surface area (Å²) in [5.41, 5.74) is 5.20. The average molecular weight is 308 g/mol. The fraction of sp³-hybridized carbons (Fsp3) is 0.278.